The van der Waals surface area contributed by atoms with E-state index in [2.05, 4.69) is 28.9 Å². The zero-order valence-corrected chi connectivity index (χ0v) is 10.0. The molecule has 0 aliphatic heterocycles. The van der Waals surface area contributed by atoms with E-state index in [1.807, 2.05) is 12.1 Å². The third-order valence-electron chi connectivity index (χ3n) is 1.91. The Hall–Kier alpha value is -0.540. The van der Waals surface area contributed by atoms with Gasteiger partial charge in [0.2, 0.25) is 0 Å². The van der Waals surface area contributed by atoms with Crippen LogP contribution in [0.4, 0.5) is 0 Å². The van der Waals surface area contributed by atoms with Crippen molar-refractivity contribution in [3.63, 3.8) is 0 Å². The van der Waals surface area contributed by atoms with E-state index in [-0.39, 0.29) is 0 Å². The van der Waals surface area contributed by atoms with Gasteiger partial charge >= 0.3 is 0 Å². The van der Waals surface area contributed by atoms with Crippen molar-refractivity contribution in [1.82, 2.24) is 0 Å². The molecule has 2 nitrogen and oxygen atoms in total. The summed E-state index contributed by atoms with van der Waals surface area (Å²) in [5.41, 5.74) is 6.73. The van der Waals surface area contributed by atoms with Gasteiger partial charge in [-0.3, -0.25) is 0 Å². The number of nitrogens with two attached hydrogens (primary N) is 1. The molecule has 0 unspecified atom stereocenters. The number of hydrogen-bond donors (Lipinski definition) is 1. The quantitative estimate of drug-likeness (QED) is 0.881. The fourth-order valence-electron chi connectivity index (χ4n) is 1.20. The molecular weight excluding hydrogens is 242 g/mol. The van der Waals surface area contributed by atoms with Gasteiger partial charge < -0.3 is 10.5 Å². The molecule has 0 aromatic heterocycles. The molecule has 3 heteroatoms. The minimum absolute atomic E-state index is 0.674. The van der Waals surface area contributed by atoms with Crippen molar-refractivity contribution in [3.05, 3.63) is 28.2 Å². The van der Waals surface area contributed by atoms with Crippen molar-refractivity contribution in [3.8, 4) is 5.75 Å². The molecule has 78 valence electrons. The van der Waals surface area contributed by atoms with Gasteiger partial charge in [-0.05, 0) is 37.1 Å². The number of ether oxygens (including phenoxy) is 1. The van der Waals surface area contributed by atoms with Crippen LogP contribution in [0.15, 0.2) is 22.7 Å². The second-order valence-corrected chi connectivity index (χ2v) is 3.99. The Morgan fingerprint density at radius 1 is 1.43 bits per heavy atom. The molecule has 0 saturated carbocycles. The van der Waals surface area contributed by atoms with Crippen molar-refractivity contribution in [2.24, 2.45) is 5.73 Å². The Kier molecular flexibility index (Phi) is 4.98. The number of hydrogen-bond acceptors (Lipinski definition) is 2. The van der Waals surface area contributed by atoms with E-state index in [4.69, 9.17) is 10.5 Å². The summed E-state index contributed by atoms with van der Waals surface area (Å²) in [5, 5.41) is 0. The van der Waals surface area contributed by atoms with Gasteiger partial charge in [0.1, 0.15) is 5.75 Å². The fraction of sp³-hybridized carbons (Fsp3) is 0.455. The molecule has 14 heavy (non-hydrogen) atoms. The maximum absolute atomic E-state index is 5.51. The second-order valence-electron chi connectivity index (χ2n) is 3.14. The lowest BCUT2D eigenvalue weighted by atomic mass is 10.1. The van der Waals surface area contributed by atoms with E-state index in [1.54, 1.807) is 0 Å². The highest BCUT2D eigenvalue weighted by Gasteiger charge is 2.00. The predicted molar refractivity (Wildman–Crippen MR) is 62.7 cm³/mol. The van der Waals surface area contributed by atoms with Crippen LogP contribution in [0.2, 0.25) is 0 Å². The van der Waals surface area contributed by atoms with Crippen LogP contribution in [-0.2, 0) is 6.42 Å². The van der Waals surface area contributed by atoms with Gasteiger partial charge in [-0.1, -0.05) is 28.9 Å². The summed E-state index contributed by atoms with van der Waals surface area (Å²) >= 11 is 3.50. The van der Waals surface area contributed by atoms with Crippen LogP contribution >= 0.6 is 15.9 Å². The van der Waals surface area contributed by atoms with Gasteiger partial charge in [-0.2, -0.15) is 0 Å². The number of halogens is 1. The van der Waals surface area contributed by atoms with Crippen molar-refractivity contribution in [2.75, 3.05) is 13.2 Å². The average molecular weight is 258 g/mol. The number of benzene rings is 1. The predicted octanol–water partition coefficient (Wildman–Crippen LogP) is 2.74. The molecule has 0 heterocycles. The Morgan fingerprint density at radius 2 is 2.21 bits per heavy atom. The molecule has 1 aromatic rings. The number of rotatable bonds is 5. The lowest BCUT2D eigenvalue weighted by molar-refractivity contribution is 0.317. The van der Waals surface area contributed by atoms with Crippen LogP contribution in [-0.4, -0.2) is 13.2 Å². The summed E-state index contributed by atoms with van der Waals surface area (Å²) in [4.78, 5) is 0. The van der Waals surface area contributed by atoms with Crippen molar-refractivity contribution >= 4 is 15.9 Å². The average Bonchev–Trinajstić information content (AvgIpc) is 2.19. The minimum Gasteiger partial charge on any atom is -0.494 e. The topological polar surface area (TPSA) is 35.2 Å². The summed E-state index contributed by atoms with van der Waals surface area (Å²) in [6, 6.07) is 6.05. The fourth-order valence-corrected chi connectivity index (χ4v) is 1.75. The summed E-state index contributed by atoms with van der Waals surface area (Å²) < 4.78 is 6.59. The van der Waals surface area contributed by atoms with E-state index < -0.39 is 0 Å². The SMILES string of the molecule is CCCOc1ccc(CCN)c(Br)c1. The van der Waals surface area contributed by atoms with Crippen LogP contribution in [0.25, 0.3) is 0 Å². The van der Waals surface area contributed by atoms with Gasteiger partial charge in [0.15, 0.2) is 0 Å². The van der Waals surface area contributed by atoms with Crippen LogP contribution in [0.3, 0.4) is 0 Å². The van der Waals surface area contributed by atoms with Gasteiger partial charge in [-0.15, -0.1) is 0 Å². The Bertz CT molecular complexity index is 289. The molecule has 0 aliphatic carbocycles. The lowest BCUT2D eigenvalue weighted by Gasteiger charge is -2.07. The molecule has 0 radical (unpaired) electrons. The third kappa shape index (κ3) is 3.31. The zero-order chi connectivity index (χ0) is 10.4. The molecule has 0 bridgehead atoms. The Morgan fingerprint density at radius 3 is 2.79 bits per heavy atom. The third-order valence-corrected chi connectivity index (χ3v) is 2.65. The highest BCUT2D eigenvalue weighted by Crippen LogP contribution is 2.23. The van der Waals surface area contributed by atoms with E-state index in [0.717, 1.165) is 29.7 Å². The van der Waals surface area contributed by atoms with E-state index in [0.29, 0.717) is 6.54 Å². The highest BCUT2D eigenvalue weighted by atomic mass is 79.9. The monoisotopic (exact) mass is 257 g/mol. The molecule has 0 fully saturated rings. The molecule has 0 aliphatic rings. The summed E-state index contributed by atoms with van der Waals surface area (Å²) in [5.74, 6) is 0.916. The van der Waals surface area contributed by atoms with Gasteiger partial charge in [0.25, 0.3) is 0 Å². The Balaban J connectivity index is 2.68. The summed E-state index contributed by atoms with van der Waals surface area (Å²) in [7, 11) is 0. The van der Waals surface area contributed by atoms with Crippen LogP contribution in [0, 0.1) is 0 Å². The van der Waals surface area contributed by atoms with Crippen LogP contribution < -0.4 is 10.5 Å². The standard InChI is InChI=1S/C11H16BrNO/c1-2-7-14-10-4-3-9(5-6-13)11(12)8-10/h3-4,8H,2,5-7,13H2,1H3. The van der Waals surface area contributed by atoms with Crippen LogP contribution in [0.5, 0.6) is 5.75 Å². The summed E-state index contributed by atoms with van der Waals surface area (Å²) in [6.07, 6.45) is 1.93. The van der Waals surface area contributed by atoms with E-state index in [1.165, 1.54) is 5.56 Å². The first kappa shape index (κ1) is 11.5. The van der Waals surface area contributed by atoms with E-state index in [9.17, 15) is 0 Å². The molecule has 1 rings (SSSR count). The van der Waals surface area contributed by atoms with Crippen molar-refractivity contribution in [1.29, 1.82) is 0 Å². The first-order valence-corrected chi connectivity index (χ1v) is 5.68. The molecule has 0 spiro atoms. The first-order valence-electron chi connectivity index (χ1n) is 4.89. The molecule has 0 atom stereocenters. The first-order chi connectivity index (χ1) is 6.77. The minimum atomic E-state index is 0.674. The largest absolute Gasteiger partial charge is 0.494 e. The van der Waals surface area contributed by atoms with Gasteiger partial charge in [0.05, 0.1) is 6.61 Å². The van der Waals surface area contributed by atoms with Gasteiger partial charge in [0, 0.05) is 4.47 Å². The summed E-state index contributed by atoms with van der Waals surface area (Å²) in [6.45, 7) is 3.54. The molecule has 0 saturated heterocycles. The van der Waals surface area contributed by atoms with Crippen LogP contribution in [0.1, 0.15) is 18.9 Å². The highest BCUT2D eigenvalue weighted by molar-refractivity contribution is 9.10. The maximum Gasteiger partial charge on any atom is 0.120 e. The molecule has 0 amide bonds. The van der Waals surface area contributed by atoms with Crippen molar-refractivity contribution in [2.45, 2.75) is 19.8 Å². The maximum atomic E-state index is 5.51. The van der Waals surface area contributed by atoms with E-state index >= 15 is 0 Å². The molecule has 2 N–H and O–H groups in total. The molecular formula is C11H16BrNO. The normalized spacial score (nSPS) is 10.2. The van der Waals surface area contributed by atoms with Gasteiger partial charge in [-0.25, -0.2) is 0 Å². The lowest BCUT2D eigenvalue weighted by Crippen LogP contribution is -2.03. The zero-order valence-electron chi connectivity index (χ0n) is 8.42. The smallest absolute Gasteiger partial charge is 0.120 e. The van der Waals surface area contributed by atoms with Crippen molar-refractivity contribution < 1.29 is 4.74 Å². The molecule has 1 aromatic carbocycles. The second kappa shape index (κ2) is 6.04. The Labute approximate surface area is 93.6 Å².